The van der Waals surface area contributed by atoms with Crippen molar-refractivity contribution in [1.82, 2.24) is 5.32 Å². The zero-order chi connectivity index (χ0) is 21.0. The second-order valence-electron chi connectivity index (χ2n) is 8.23. The van der Waals surface area contributed by atoms with Gasteiger partial charge in [-0.1, -0.05) is 12.1 Å². The van der Waals surface area contributed by atoms with Gasteiger partial charge in [0.15, 0.2) is 0 Å². The number of carbonyl (C=O) groups is 2. The lowest BCUT2D eigenvalue weighted by Gasteiger charge is -2.36. The summed E-state index contributed by atoms with van der Waals surface area (Å²) in [6, 6.07) is 5.12. The van der Waals surface area contributed by atoms with E-state index in [2.05, 4.69) is 5.32 Å². The van der Waals surface area contributed by atoms with Crippen LogP contribution in [0, 0.1) is 0 Å². The topological polar surface area (TPSA) is 142 Å². The van der Waals surface area contributed by atoms with E-state index in [1.54, 1.807) is 12.1 Å². The zero-order valence-electron chi connectivity index (χ0n) is 16.5. The van der Waals surface area contributed by atoms with Crippen molar-refractivity contribution in [2.24, 2.45) is 5.73 Å². The molecule has 1 aliphatic carbocycles. The molecule has 3 rings (SSSR count). The third-order valence-electron chi connectivity index (χ3n) is 5.96. The number of hydrogen-bond donors (Lipinski definition) is 5. The van der Waals surface area contributed by atoms with Crippen LogP contribution in [0.5, 0.6) is 5.75 Å². The van der Waals surface area contributed by atoms with Crippen LogP contribution in [0.3, 0.4) is 0 Å². The van der Waals surface area contributed by atoms with Crippen molar-refractivity contribution in [2.75, 3.05) is 13.1 Å². The Bertz CT molecular complexity index is 750. The van der Waals surface area contributed by atoms with Gasteiger partial charge in [0.25, 0.3) is 0 Å². The van der Waals surface area contributed by atoms with Crippen LogP contribution >= 0.6 is 0 Å². The molecule has 1 aliphatic heterocycles. The molecule has 0 unspecified atom stereocenters. The van der Waals surface area contributed by atoms with Gasteiger partial charge >= 0.3 is 13.1 Å². The first-order valence-corrected chi connectivity index (χ1v) is 10.2. The summed E-state index contributed by atoms with van der Waals surface area (Å²) in [5.41, 5.74) is 5.16. The molecule has 0 saturated heterocycles. The molecule has 9 heteroatoms. The minimum Gasteiger partial charge on any atom is -0.535 e. The smallest absolute Gasteiger partial charge is 0.526 e. The maximum Gasteiger partial charge on any atom is 0.526 e. The normalized spacial score (nSPS) is 26.5. The van der Waals surface area contributed by atoms with Crippen molar-refractivity contribution in [3.8, 4) is 5.75 Å². The fraction of sp³-hybridized carbons (Fsp3) is 0.600. The van der Waals surface area contributed by atoms with Crippen molar-refractivity contribution < 1.29 is 29.5 Å². The number of aliphatic hydroxyl groups is 1. The number of benzene rings is 1. The van der Waals surface area contributed by atoms with Crippen molar-refractivity contribution in [3.63, 3.8) is 0 Å². The summed E-state index contributed by atoms with van der Waals surface area (Å²) in [4.78, 5) is 23.9. The number of carboxylic acid groups (broad SMARTS) is 1. The number of rotatable bonds is 8. The molecule has 1 aromatic carbocycles. The maximum absolute atomic E-state index is 12.6. The van der Waals surface area contributed by atoms with Gasteiger partial charge in [-0.15, -0.1) is 0 Å². The average molecular weight is 404 g/mol. The zero-order valence-corrected chi connectivity index (χ0v) is 16.5. The number of carboxylic acids is 1. The van der Waals surface area contributed by atoms with Crippen LogP contribution in [-0.4, -0.2) is 58.8 Å². The number of carbonyl (C=O) groups excluding carboxylic acids is 1. The van der Waals surface area contributed by atoms with Gasteiger partial charge in [-0.2, -0.15) is 0 Å². The van der Waals surface area contributed by atoms with Gasteiger partial charge in [-0.25, -0.2) is 4.79 Å². The van der Waals surface area contributed by atoms with Crippen LogP contribution in [0.15, 0.2) is 18.2 Å². The lowest BCUT2D eigenvalue weighted by atomic mass is 9.64. The van der Waals surface area contributed by atoms with Crippen LogP contribution < -0.4 is 15.7 Å². The van der Waals surface area contributed by atoms with Gasteiger partial charge in [-0.05, 0) is 43.7 Å². The summed E-state index contributed by atoms with van der Waals surface area (Å²) >= 11 is 0. The van der Waals surface area contributed by atoms with Crippen LogP contribution in [0.25, 0.3) is 0 Å². The van der Waals surface area contributed by atoms with E-state index in [9.17, 15) is 24.8 Å². The summed E-state index contributed by atoms with van der Waals surface area (Å²) in [6.45, 7) is 1.31. The fourth-order valence-electron chi connectivity index (χ4n) is 4.38. The highest BCUT2D eigenvalue weighted by Gasteiger charge is 2.40. The van der Waals surface area contributed by atoms with Gasteiger partial charge in [0, 0.05) is 37.8 Å². The molecular weight excluding hydrogens is 375 g/mol. The minimum absolute atomic E-state index is 0.000595. The summed E-state index contributed by atoms with van der Waals surface area (Å²) in [5, 5.41) is 33.7. The fourth-order valence-corrected chi connectivity index (χ4v) is 4.38. The molecule has 29 heavy (non-hydrogen) atoms. The lowest BCUT2D eigenvalue weighted by molar-refractivity contribution is -0.125. The number of fused-ring (bicyclic) bond motifs is 1. The molecule has 0 radical (unpaired) electrons. The number of aromatic carboxylic acids is 1. The number of Topliss-reactive ketones (excluding diaryl/α,β-unsaturated/α-hetero) is 1. The SMILES string of the molecule is NCCNC1CCC(O)(CC(=O)C[C@H]2Cc3cccc(C(=O)O)c3OB2O)CC1. The summed E-state index contributed by atoms with van der Waals surface area (Å²) in [5.74, 6) is -1.54. The molecule has 1 heterocycles. The van der Waals surface area contributed by atoms with Crippen LogP contribution in [0.1, 0.15) is 54.4 Å². The monoisotopic (exact) mass is 404 g/mol. The van der Waals surface area contributed by atoms with E-state index in [0.717, 1.165) is 19.4 Å². The van der Waals surface area contributed by atoms with E-state index in [4.69, 9.17) is 10.4 Å². The van der Waals surface area contributed by atoms with Gasteiger partial charge < -0.3 is 30.9 Å². The second-order valence-corrected chi connectivity index (χ2v) is 8.23. The largest absolute Gasteiger partial charge is 0.535 e. The Balaban J connectivity index is 1.56. The highest BCUT2D eigenvalue weighted by atomic mass is 16.5. The van der Waals surface area contributed by atoms with Crippen molar-refractivity contribution >= 4 is 18.9 Å². The average Bonchev–Trinajstić information content (AvgIpc) is 2.67. The third kappa shape index (κ3) is 5.36. The standard InChI is InChI=1S/C20H29BN2O6/c22-8-9-23-15-4-6-20(27,7-5-15)12-16(24)11-14-10-13-2-1-3-17(19(25)26)18(13)29-21(14)28/h1-3,14-15,23,27-28H,4-12,22H2,(H,25,26)/t14-,15?,20?/m1/s1. The first kappa shape index (κ1) is 21.8. The van der Waals surface area contributed by atoms with E-state index in [-0.39, 0.29) is 29.9 Å². The molecule has 8 nitrogen and oxygen atoms in total. The Hall–Kier alpha value is -1.94. The second kappa shape index (κ2) is 9.25. The maximum atomic E-state index is 12.6. The summed E-state index contributed by atoms with van der Waals surface area (Å²) in [7, 11) is -1.25. The Morgan fingerprint density at radius 2 is 2.03 bits per heavy atom. The van der Waals surface area contributed by atoms with E-state index < -0.39 is 24.5 Å². The van der Waals surface area contributed by atoms with E-state index in [1.807, 2.05) is 0 Å². The Kier molecular flexibility index (Phi) is 6.95. The molecule has 1 fully saturated rings. The first-order valence-electron chi connectivity index (χ1n) is 10.2. The molecule has 0 amide bonds. The molecule has 1 aromatic rings. The summed E-state index contributed by atoms with van der Waals surface area (Å²) < 4.78 is 5.45. The van der Waals surface area contributed by atoms with Crippen LogP contribution in [0.2, 0.25) is 5.82 Å². The molecule has 0 bridgehead atoms. The van der Waals surface area contributed by atoms with Crippen molar-refractivity contribution in [1.29, 1.82) is 0 Å². The molecule has 1 saturated carbocycles. The van der Waals surface area contributed by atoms with Crippen molar-refractivity contribution in [3.05, 3.63) is 29.3 Å². The molecule has 6 N–H and O–H groups in total. The molecule has 158 valence electrons. The Morgan fingerprint density at radius 1 is 1.31 bits per heavy atom. The van der Waals surface area contributed by atoms with Crippen LogP contribution in [-0.2, 0) is 11.2 Å². The minimum atomic E-state index is -1.25. The van der Waals surface area contributed by atoms with Gasteiger partial charge in [-0.3, -0.25) is 4.79 Å². The predicted molar refractivity (Wildman–Crippen MR) is 108 cm³/mol. The van der Waals surface area contributed by atoms with E-state index in [1.165, 1.54) is 6.07 Å². The van der Waals surface area contributed by atoms with E-state index in [0.29, 0.717) is 37.4 Å². The van der Waals surface area contributed by atoms with Gasteiger partial charge in [0.1, 0.15) is 11.5 Å². The van der Waals surface area contributed by atoms with Crippen molar-refractivity contribution in [2.45, 2.75) is 62.4 Å². The molecule has 1 atom stereocenters. The number of nitrogens with one attached hydrogen (secondary N) is 1. The van der Waals surface area contributed by atoms with E-state index >= 15 is 0 Å². The Labute approximate surface area is 170 Å². The third-order valence-corrected chi connectivity index (χ3v) is 5.96. The molecular formula is C20H29BN2O6. The number of hydrogen-bond acceptors (Lipinski definition) is 7. The Morgan fingerprint density at radius 3 is 2.69 bits per heavy atom. The van der Waals surface area contributed by atoms with Gasteiger partial charge in [0.05, 0.1) is 11.2 Å². The number of nitrogens with two attached hydrogens (primary N) is 1. The molecule has 2 aliphatic rings. The van der Waals surface area contributed by atoms with Crippen LogP contribution in [0.4, 0.5) is 0 Å². The molecule has 0 aromatic heterocycles. The highest BCUT2D eigenvalue weighted by molar-refractivity contribution is 6.47. The summed E-state index contributed by atoms with van der Waals surface area (Å²) in [6.07, 6.45) is 3.18. The van der Waals surface area contributed by atoms with Gasteiger partial charge in [0.2, 0.25) is 0 Å². The number of para-hydroxylation sites is 1. The number of ketones is 1. The lowest BCUT2D eigenvalue weighted by Crippen LogP contribution is -2.44. The predicted octanol–water partition coefficient (Wildman–Crippen LogP) is 0.742. The first-order chi connectivity index (χ1) is 13.8. The quantitative estimate of drug-likeness (QED) is 0.400. The highest BCUT2D eigenvalue weighted by Crippen LogP contribution is 2.38. The molecule has 0 spiro atoms.